The van der Waals surface area contributed by atoms with Gasteiger partial charge in [-0.25, -0.2) is 4.79 Å². The molecule has 1 heterocycles. The number of rotatable bonds is 1. The Balaban J connectivity index is 2.97. The van der Waals surface area contributed by atoms with Crippen LogP contribution in [0, 0.1) is 0 Å². The predicted octanol–water partition coefficient (Wildman–Crippen LogP) is 1.60. The van der Waals surface area contributed by atoms with Crippen LogP contribution in [0.15, 0.2) is 21.3 Å². The number of oxazole rings is 1. The molecule has 0 bridgehead atoms. The Bertz CT molecular complexity index is 567. The fraction of sp³-hybridized carbons (Fsp3) is 0.111. The minimum absolute atomic E-state index is 0.266. The maximum Gasteiger partial charge on any atom is 0.419 e. The maximum absolute atomic E-state index is 11.1. The molecule has 0 saturated heterocycles. The molecule has 0 spiro atoms. The fourth-order valence-electron chi connectivity index (χ4n) is 1.27. The molecule has 0 atom stereocenters. The lowest BCUT2D eigenvalue weighted by Gasteiger charge is -1.95. The minimum Gasteiger partial charge on any atom is -0.406 e. The third kappa shape index (κ3) is 1.15. The van der Waals surface area contributed by atoms with E-state index < -0.39 is 5.76 Å². The van der Waals surface area contributed by atoms with Gasteiger partial charge in [-0.15, -0.1) is 0 Å². The van der Waals surface area contributed by atoms with Crippen LogP contribution in [0.3, 0.4) is 0 Å². The molecule has 4 nitrogen and oxygen atoms in total. The van der Waals surface area contributed by atoms with Crippen molar-refractivity contribution in [2.24, 2.45) is 7.05 Å². The van der Waals surface area contributed by atoms with Crippen molar-refractivity contribution in [1.29, 1.82) is 0 Å². The van der Waals surface area contributed by atoms with Crippen molar-refractivity contribution in [2.45, 2.75) is 0 Å². The molecule has 0 aliphatic heterocycles. The molecular weight excluding hydrogens is 206 g/mol. The summed E-state index contributed by atoms with van der Waals surface area (Å²) in [6.45, 7) is 0. The van der Waals surface area contributed by atoms with Gasteiger partial charge in [-0.1, -0.05) is 11.6 Å². The average molecular weight is 212 g/mol. The molecule has 2 aromatic rings. The van der Waals surface area contributed by atoms with Gasteiger partial charge < -0.3 is 4.42 Å². The van der Waals surface area contributed by atoms with Crippen LogP contribution in [-0.2, 0) is 7.05 Å². The molecule has 0 aliphatic carbocycles. The highest BCUT2D eigenvalue weighted by atomic mass is 35.5. The number of carbonyl (C=O) groups excluding carboxylic acids is 1. The molecule has 0 fully saturated rings. The van der Waals surface area contributed by atoms with E-state index in [4.69, 9.17) is 16.0 Å². The van der Waals surface area contributed by atoms with E-state index in [2.05, 4.69) is 0 Å². The van der Waals surface area contributed by atoms with Crippen molar-refractivity contribution in [3.8, 4) is 0 Å². The molecule has 5 heteroatoms. The smallest absolute Gasteiger partial charge is 0.406 e. The lowest BCUT2D eigenvalue weighted by Crippen LogP contribution is -2.08. The van der Waals surface area contributed by atoms with Crippen LogP contribution in [0.1, 0.15) is 10.4 Å². The van der Waals surface area contributed by atoms with E-state index >= 15 is 0 Å². The number of benzene rings is 1. The second kappa shape index (κ2) is 2.99. The summed E-state index contributed by atoms with van der Waals surface area (Å²) in [5.41, 5.74) is 1.24. The first-order chi connectivity index (χ1) is 6.63. The van der Waals surface area contributed by atoms with Gasteiger partial charge in [0.2, 0.25) is 0 Å². The quantitative estimate of drug-likeness (QED) is 0.674. The van der Waals surface area contributed by atoms with E-state index in [9.17, 15) is 9.59 Å². The molecular formula is C9H6ClNO3. The van der Waals surface area contributed by atoms with Crippen LogP contribution in [0.2, 0.25) is 5.02 Å². The topological polar surface area (TPSA) is 52.2 Å². The first-order valence-corrected chi connectivity index (χ1v) is 4.25. The highest BCUT2D eigenvalue weighted by molar-refractivity contribution is 6.35. The van der Waals surface area contributed by atoms with Gasteiger partial charge in [0.25, 0.3) is 0 Å². The molecule has 0 radical (unpaired) electrons. The number of fused-ring (bicyclic) bond motifs is 1. The molecule has 0 N–H and O–H groups in total. The molecule has 0 unspecified atom stereocenters. The highest BCUT2D eigenvalue weighted by Gasteiger charge is 2.10. The Morgan fingerprint density at radius 2 is 2.21 bits per heavy atom. The summed E-state index contributed by atoms with van der Waals surface area (Å²) in [6, 6.07) is 3.01. The zero-order valence-electron chi connectivity index (χ0n) is 7.28. The lowest BCUT2D eigenvalue weighted by molar-refractivity contribution is 0.112. The van der Waals surface area contributed by atoms with Gasteiger partial charge in [-0.3, -0.25) is 9.36 Å². The first-order valence-electron chi connectivity index (χ1n) is 3.87. The van der Waals surface area contributed by atoms with E-state index in [1.165, 1.54) is 10.6 Å². The summed E-state index contributed by atoms with van der Waals surface area (Å²) in [4.78, 5) is 21.7. The van der Waals surface area contributed by atoms with E-state index in [1.807, 2.05) is 0 Å². The summed E-state index contributed by atoms with van der Waals surface area (Å²) in [5, 5.41) is 0.266. The van der Waals surface area contributed by atoms with E-state index in [0.29, 0.717) is 22.9 Å². The third-order valence-corrected chi connectivity index (χ3v) is 2.29. The monoisotopic (exact) mass is 211 g/mol. The molecule has 0 amide bonds. The Morgan fingerprint density at radius 3 is 2.86 bits per heavy atom. The van der Waals surface area contributed by atoms with Crippen LogP contribution in [0.4, 0.5) is 0 Å². The molecule has 72 valence electrons. The third-order valence-electron chi connectivity index (χ3n) is 2.01. The van der Waals surface area contributed by atoms with Gasteiger partial charge in [-0.05, 0) is 12.1 Å². The standard InChI is InChI=1S/C9H6ClNO3/c1-11-7-3-5(4-12)2-6(10)8(7)14-9(11)13/h2-4H,1H3. The summed E-state index contributed by atoms with van der Waals surface area (Å²) < 4.78 is 6.19. The van der Waals surface area contributed by atoms with Crippen LogP contribution in [0.25, 0.3) is 11.1 Å². The van der Waals surface area contributed by atoms with Crippen molar-refractivity contribution in [3.05, 3.63) is 33.3 Å². The van der Waals surface area contributed by atoms with Crippen molar-refractivity contribution in [2.75, 3.05) is 0 Å². The van der Waals surface area contributed by atoms with Gasteiger partial charge in [-0.2, -0.15) is 0 Å². The van der Waals surface area contributed by atoms with Crippen LogP contribution >= 0.6 is 11.6 Å². The van der Waals surface area contributed by atoms with Crippen molar-refractivity contribution < 1.29 is 9.21 Å². The number of hydrogen-bond donors (Lipinski definition) is 0. The summed E-state index contributed by atoms with van der Waals surface area (Å²) in [7, 11) is 1.55. The Labute approximate surface area is 83.7 Å². The van der Waals surface area contributed by atoms with E-state index in [1.54, 1.807) is 13.1 Å². The van der Waals surface area contributed by atoms with Gasteiger partial charge in [0.05, 0.1) is 10.5 Å². The normalized spacial score (nSPS) is 10.7. The number of hydrogen-bond acceptors (Lipinski definition) is 3. The molecule has 0 aliphatic rings. The summed E-state index contributed by atoms with van der Waals surface area (Å²) in [6.07, 6.45) is 0.669. The second-order valence-electron chi connectivity index (χ2n) is 2.90. The highest BCUT2D eigenvalue weighted by Crippen LogP contribution is 2.23. The van der Waals surface area contributed by atoms with Crippen molar-refractivity contribution in [1.82, 2.24) is 4.57 Å². The number of aromatic nitrogens is 1. The molecule has 1 aromatic carbocycles. The second-order valence-corrected chi connectivity index (χ2v) is 3.30. The Morgan fingerprint density at radius 1 is 1.50 bits per heavy atom. The van der Waals surface area contributed by atoms with E-state index in [-0.39, 0.29) is 5.02 Å². The lowest BCUT2D eigenvalue weighted by atomic mass is 10.2. The molecule has 14 heavy (non-hydrogen) atoms. The Kier molecular flexibility index (Phi) is 1.93. The minimum atomic E-state index is -0.495. The van der Waals surface area contributed by atoms with Gasteiger partial charge in [0.15, 0.2) is 5.58 Å². The molecule has 2 rings (SSSR count). The number of aryl methyl sites for hydroxylation is 1. The SMILES string of the molecule is Cn1c(=O)oc2c(Cl)cc(C=O)cc21. The van der Waals surface area contributed by atoms with Crippen LogP contribution < -0.4 is 5.76 Å². The largest absolute Gasteiger partial charge is 0.419 e. The number of carbonyl (C=O) groups is 1. The summed E-state index contributed by atoms with van der Waals surface area (Å²) in [5.74, 6) is -0.495. The van der Waals surface area contributed by atoms with Gasteiger partial charge >= 0.3 is 5.76 Å². The first kappa shape index (κ1) is 9.02. The van der Waals surface area contributed by atoms with Crippen molar-refractivity contribution in [3.63, 3.8) is 0 Å². The van der Waals surface area contributed by atoms with Crippen LogP contribution in [-0.4, -0.2) is 10.9 Å². The average Bonchev–Trinajstić information content (AvgIpc) is 2.45. The number of nitrogens with zero attached hydrogens (tertiary/aromatic N) is 1. The number of halogens is 1. The van der Waals surface area contributed by atoms with Gasteiger partial charge in [0, 0.05) is 12.6 Å². The van der Waals surface area contributed by atoms with Crippen molar-refractivity contribution >= 4 is 29.0 Å². The predicted molar refractivity (Wildman–Crippen MR) is 51.9 cm³/mol. The number of aldehydes is 1. The fourth-order valence-corrected chi connectivity index (χ4v) is 1.53. The molecule has 0 saturated carbocycles. The van der Waals surface area contributed by atoms with E-state index in [0.717, 1.165) is 0 Å². The zero-order valence-corrected chi connectivity index (χ0v) is 8.04. The van der Waals surface area contributed by atoms with Gasteiger partial charge in [0.1, 0.15) is 6.29 Å². The molecule has 1 aromatic heterocycles. The Hall–Kier alpha value is -1.55. The van der Waals surface area contributed by atoms with Crippen LogP contribution in [0.5, 0.6) is 0 Å². The zero-order chi connectivity index (χ0) is 10.3. The summed E-state index contributed by atoms with van der Waals surface area (Å²) >= 11 is 5.82. The maximum atomic E-state index is 11.1.